The van der Waals surface area contributed by atoms with Gasteiger partial charge in [0.25, 0.3) is 0 Å². The molecule has 0 saturated heterocycles. The Morgan fingerprint density at radius 2 is 1.84 bits per heavy atom. The number of nitrogens with zero attached hydrogens (tertiary/aromatic N) is 2. The van der Waals surface area contributed by atoms with E-state index >= 15 is 0 Å². The average molecular weight is 545 g/mol. The van der Waals surface area contributed by atoms with Crippen LogP contribution in [0.1, 0.15) is 39.0 Å². The van der Waals surface area contributed by atoms with Gasteiger partial charge in [-0.05, 0) is 68.3 Å². The van der Waals surface area contributed by atoms with Gasteiger partial charge in [-0.1, -0.05) is 30.9 Å². The number of fused-ring (bicyclic) bond motifs is 1. The second-order valence-corrected chi connectivity index (χ2v) is 11.4. The van der Waals surface area contributed by atoms with Crippen molar-refractivity contribution in [3.63, 3.8) is 0 Å². The largest absolute Gasteiger partial charge is 0.494 e. The molecule has 1 amide bonds. The number of ether oxygens (including phenoxy) is 1. The van der Waals surface area contributed by atoms with Crippen molar-refractivity contribution >= 4 is 44.1 Å². The second-order valence-electron chi connectivity index (χ2n) is 9.04. The Labute approximate surface area is 223 Å². The fourth-order valence-corrected chi connectivity index (χ4v) is 6.47. The molecule has 1 aromatic heterocycles. The first-order valence-electron chi connectivity index (χ1n) is 12.7. The highest BCUT2D eigenvalue weighted by Gasteiger charge is 2.34. The van der Waals surface area contributed by atoms with Gasteiger partial charge in [0, 0.05) is 41.4 Å². The summed E-state index contributed by atoms with van der Waals surface area (Å²) in [4.78, 5) is 17.4. The summed E-state index contributed by atoms with van der Waals surface area (Å²) < 4.78 is 34.0. The highest BCUT2D eigenvalue weighted by molar-refractivity contribution is 7.89. The highest BCUT2D eigenvalue weighted by atomic mass is 35.5. The number of nitrogens with one attached hydrogen (secondary N) is 2. The van der Waals surface area contributed by atoms with Gasteiger partial charge in [0.1, 0.15) is 5.75 Å². The normalized spacial score (nSPS) is 14.6. The van der Waals surface area contributed by atoms with E-state index in [0.717, 1.165) is 48.7 Å². The summed E-state index contributed by atoms with van der Waals surface area (Å²) in [6.45, 7) is 2.98. The molecule has 8 nitrogen and oxygen atoms in total. The summed E-state index contributed by atoms with van der Waals surface area (Å²) in [5.41, 5.74) is 1.67. The van der Waals surface area contributed by atoms with Gasteiger partial charge in [-0.15, -0.1) is 0 Å². The van der Waals surface area contributed by atoms with Crippen LogP contribution in [0.2, 0.25) is 5.02 Å². The molecular weight excluding hydrogens is 512 g/mol. The molecule has 2 aromatic carbocycles. The molecule has 1 saturated carbocycles. The maximum absolute atomic E-state index is 13.6. The van der Waals surface area contributed by atoms with Gasteiger partial charge >= 0.3 is 0 Å². The van der Waals surface area contributed by atoms with Crippen LogP contribution in [-0.4, -0.2) is 55.9 Å². The summed E-state index contributed by atoms with van der Waals surface area (Å²) in [5, 5.41) is 7.73. The number of hydrogen-bond acceptors (Lipinski definition) is 6. The van der Waals surface area contributed by atoms with Crippen molar-refractivity contribution < 1.29 is 17.9 Å². The lowest BCUT2D eigenvalue weighted by molar-refractivity contribution is -0.121. The first-order valence-corrected chi connectivity index (χ1v) is 14.5. The number of anilines is 1. The minimum Gasteiger partial charge on any atom is -0.494 e. The van der Waals surface area contributed by atoms with Crippen LogP contribution in [0.5, 0.6) is 5.75 Å². The van der Waals surface area contributed by atoms with E-state index in [9.17, 15) is 13.2 Å². The minimum atomic E-state index is -3.85. The van der Waals surface area contributed by atoms with E-state index in [0.29, 0.717) is 30.5 Å². The zero-order valence-electron chi connectivity index (χ0n) is 21.0. The standard InChI is InChI=1S/C27H33ClN4O4S/c1-2-36-22-9-11-23(12-10-22)37(34,35)32(21-6-4-3-5-7-21)19-27(33)31-17-16-30-25-14-15-29-26-18-20(28)8-13-24(25)26/h8-15,18,21H,2-7,16-17,19H2,1H3,(H,29,30)(H,31,33). The summed E-state index contributed by atoms with van der Waals surface area (Å²) in [6, 6.07) is 13.6. The second kappa shape index (κ2) is 12.6. The van der Waals surface area contributed by atoms with Gasteiger partial charge in [0.05, 0.1) is 23.6 Å². The maximum atomic E-state index is 13.6. The number of amides is 1. The van der Waals surface area contributed by atoms with Crippen molar-refractivity contribution in [2.24, 2.45) is 0 Å². The third-order valence-electron chi connectivity index (χ3n) is 6.49. The molecule has 0 spiro atoms. The Morgan fingerprint density at radius 3 is 2.57 bits per heavy atom. The monoisotopic (exact) mass is 544 g/mol. The Bertz CT molecular complexity index is 1310. The van der Waals surface area contributed by atoms with E-state index in [2.05, 4.69) is 15.6 Å². The van der Waals surface area contributed by atoms with Gasteiger partial charge < -0.3 is 15.4 Å². The van der Waals surface area contributed by atoms with Crippen LogP contribution in [0.25, 0.3) is 10.9 Å². The lowest BCUT2D eigenvalue weighted by atomic mass is 9.95. The van der Waals surface area contributed by atoms with Crippen LogP contribution in [0, 0.1) is 0 Å². The molecule has 2 N–H and O–H groups in total. The molecule has 0 radical (unpaired) electrons. The van der Waals surface area contributed by atoms with Gasteiger partial charge in [-0.3, -0.25) is 9.78 Å². The molecule has 3 aromatic rings. The molecule has 0 bridgehead atoms. The zero-order valence-corrected chi connectivity index (χ0v) is 22.5. The number of carbonyl (C=O) groups is 1. The van der Waals surface area contributed by atoms with E-state index in [1.54, 1.807) is 36.5 Å². The molecule has 1 aliphatic rings. The van der Waals surface area contributed by atoms with E-state index in [4.69, 9.17) is 16.3 Å². The molecule has 37 heavy (non-hydrogen) atoms. The van der Waals surface area contributed by atoms with Crippen molar-refractivity contribution in [3.8, 4) is 5.75 Å². The Kier molecular flexibility index (Phi) is 9.23. The Hall–Kier alpha value is -2.88. The van der Waals surface area contributed by atoms with Crippen molar-refractivity contribution in [1.29, 1.82) is 0 Å². The third-order valence-corrected chi connectivity index (χ3v) is 8.64. The fraction of sp³-hybridized carbons (Fsp3) is 0.407. The van der Waals surface area contributed by atoms with Gasteiger partial charge in [-0.2, -0.15) is 4.31 Å². The van der Waals surface area contributed by atoms with Crippen LogP contribution in [0.4, 0.5) is 5.69 Å². The van der Waals surface area contributed by atoms with Crippen LogP contribution in [0.3, 0.4) is 0 Å². The van der Waals surface area contributed by atoms with Gasteiger partial charge in [0.15, 0.2) is 0 Å². The van der Waals surface area contributed by atoms with E-state index in [1.807, 2.05) is 25.1 Å². The minimum absolute atomic E-state index is 0.167. The molecule has 1 fully saturated rings. The lowest BCUT2D eigenvalue weighted by Crippen LogP contribution is -2.47. The SMILES string of the molecule is CCOc1ccc(S(=O)(=O)N(CC(=O)NCCNc2ccnc3cc(Cl)ccc23)C2CCCCC2)cc1. The summed E-state index contributed by atoms with van der Waals surface area (Å²) in [6.07, 6.45) is 6.20. The number of sulfonamides is 1. The lowest BCUT2D eigenvalue weighted by Gasteiger charge is -2.33. The molecule has 0 unspecified atom stereocenters. The molecular formula is C27H33ClN4O4S. The number of benzene rings is 2. The van der Waals surface area contributed by atoms with Crippen LogP contribution in [0.15, 0.2) is 59.6 Å². The number of halogens is 1. The number of pyridine rings is 1. The summed E-state index contributed by atoms with van der Waals surface area (Å²) >= 11 is 6.06. The number of aromatic nitrogens is 1. The summed E-state index contributed by atoms with van der Waals surface area (Å²) in [7, 11) is -3.85. The quantitative estimate of drug-likeness (QED) is 0.335. The van der Waals surface area contributed by atoms with Crippen molar-refractivity contribution in [3.05, 3.63) is 59.8 Å². The number of carbonyl (C=O) groups excluding carboxylic acids is 1. The Balaban J connectivity index is 1.39. The molecule has 4 rings (SSSR count). The molecule has 198 valence electrons. The first kappa shape index (κ1) is 27.2. The maximum Gasteiger partial charge on any atom is 0.243 e. The third kappa shape index (κ3) is 6.91. The van der Waals surface area contributed by atoms with Crippen molar-refractivity contribution in [2.45, 2.75) is 50.0 Å². The van der Waals surface area contributed by atoms with Gasteiger partial charge in [-0.25, -0.2) is 8.42 Å². The molecule has 1 heterocycles. The molecule has 1 aliphatic carbocycles. The molecule has 0 atom stereocenters. The molecule has 10 heteroatoms. The smallest absolute Gasteiger partial charge is 0.243 e. The van der Waals surface area contributed by atoms with E-state index < -0.39 is 10.0 Å². The number of rotatable bonds is 11. The topological polar surface area (TPSA) is 101 Å². The highest BCUT2D eigenvalue weighted by Crippen LogP contribution is 2.29. The van der Waals surface area contributed by atoms with Crippen LogP contribution < -0.4 is 15.4 Å². The van der Waals surface area contributed by atoms with Crippen molar-refractivity contribution in [2.75, 3.05) is 31.6 Å². The summed E-state index contributed by atoms with van der Waals surface area (Å²) in [5.74, 6) is 0.286. The van der Waals surface area contributed by atoms with Crippen molar-refractivity contribution in [1.82, 2.24) is 14.6 Å². The van der Waals surface area contributed by atoms with Gasteiger partial charge in [0.2, 0.25) is 15.9 Å². The predicted octanol–water partition coefficient (Wildman–Crippen LogP) is 4.84. The Morgan fingerprint density at radius 1 is 1.08 bits per heavy atom. The average Bonchev–Trinajstić information content (AvgIpc) is 2.90. The number of hydrogen-bond donors (Lipinski definition) is 2. The zero-order chi connectivity index (χ0) is 26.3. The van der Waals surface area contributed by atoms with E-state index in [1.165, 1.54) is 4.31 Å². The fourth-order valence-electron chi connectivity index (χ4n) is 4.66. The predicted molar refractivity (Wildman–Crippen MR) is 147 cm³/mol. The molecule has 0 aliphatic heterocycles. The van der Waals surface area contributed by atoms with Crippen LogP contribution >= 0.6 is 11.6 Å². The van der Waals surface area contributed by atoms with Crippen LogP contribution in [-0.2, 0) is 14.8 Å². The first-order chi connectivity index (χ1) is 17.9. The van der Waals surface area contributed by atoms with E-state index in [-0.39, 0.29) is 23.4 Å².